The van der Waals surface area contributed by atoms with Gasteiger partial charge in [0.1, 0.15) is 5.75 Å². The number of rotatable bonds is 6. The molecule has 1 aromatic rings. The van der Waals surface area contributed by atoms with Gasteiger partial charge in [0.2, 0.25) is 5.91 Å². The van der Waals surface area contributed by atoms with Gasteiger partial charge < -0.3 is 14.7 Å². The van der Waals surface area contributed by atoms with Crippen molar-refractivity contribution in [2.45, 2.75) is 19.4 Å². The Balaban J connectivity index is 2.49. The van der Waals surface area contributed by atoms with E-state index in [1.165, 1.54) is 4.90 Å². The van der Waals surface area contributed by atoms with Crippen molar-refractivity contribution in [3.05, 3.63) is 29.8 Å². The first-order chi connectivity index (χ1) is 8.52. The molecular formula is C13H17NO4. The number of nitrogens with zero attached hydrogens (tertiary/aromatic N) is 1. The maximum atomic E-state index is 11.6. The summed E-state index contributed by atoms with van der Waals surface area (Å²) in [6.45, 7) is 0.461. The lowest BCUT2D eigenvalue weighted by atomic mass is 10.2. The van der Waals surface area contributed by atoms with Gasteiger partial charge in [-0.2, -0.15) is 0 Å². The van der Waals surface area contributed by atoms with Crippen LogP contribution in [0.3, 0.4) is 0 Å². The van der Waals surface area contributed by atoms with Crippen molar-refractivity contribution < 1.29 is 19.4 Å². The van der Waals surface area contributed by atoms with Crippen molar-refractivity contribution in [1.29, 1.82) is 0 Å². The number of amides is 1. The molecule has 0 saturated carbocycles. The fourth-order valence-corrected chi connectivity index (χ4v) is 1.50. The lowest BCUT2D eigenvalue weighted by Gasteiger charge is -2.17. The van der Waals surface area contributed by atoms with E-state index >= 15 is 0 Å². The summed E-state index contributed by atoms with van der Waals surface area (Å²) >= 11 is 0. The Morgan fingerprint density at radius 1 is 1.22 bits per heavy atom. The van der Waals surface area contributed by atoms with Crippen LogP contribution < -0.4 is 4.74 Å². The Hall–Kier alpha value is -2.04. The van der Waals surface area contributed by atoms with Crippen molar-refractivity contribution in [2.24, 2.45) is 0 Å². The number of hydrogen-bond donors (Lipinski definition) is 1. The van der Waals surface area contributed by atoms with Gasteiger partial charge in [0.15, 0.2) is 0 Å². The summed E-state index contributed by atoms with van der Waals surface area (Å²) in [7, 11) is 3.25. The highest BCUT2D eigenvalue weighted by Crippen LogP contribution is 2.13. The average Bonchev–Trinajstić information content (AvgIpc) is 2.36. The highest BCUT2D eigenvalue weighted by molar-refractivity contribution is 5.80. The number of carboxylic acids is 1. The maximum Gasteiger partial charge on any atom is 0.303 e. The molecule has 0 fully saturated rings. The number of carbonyl (C=O) groups is 2. The number of carboxylic acid groups (broad SMARTS) is 1. The molecule has 0 bridgehead atoms. The molecule has 0 radical (unpaired) electrons. The summed E-state index contributed by atoms with van der Waals surface area (Å²) in [6, 6.07) is 7.40. The quantitative estimate of drug-likeness (QED) is 0.832. The highest BCUT2D eigenvalue weighted by Gasteiger charge is 2.11. The van der Waals surface area contributed by atoms with Crippen LogP contribution in [0.25, 0.3) is 0 Å². The van der Waals surface area contributed by atoms with Crippen molar-refractivity contribution in [2.75, 3.05) is 14.2 Å². The molecular weight excluding hydrogens is 234 g/mol. The van der Waals surface area contributed by atoms with E-state index in [9.17, 15) is 9.59 Å². The zero-order valence-corrected chi connectivity index (χ0v) is 10.5. The molecule has 0 heterocycles. The summed E-state index contributed by atoms with van der Waals surface area (Å²) in [4.78, 5) is 23.5. The second-order valence-corrected chi connectivity index (χ2v) is 3.99. The first kappa shape index (κ1) is 14.0. The number of benzene rings is 1. The van der Waals surface area contributed by atoms with Crippen LogP contribution in [-0.2, 0) is 16.1 Å². The minimum absolute atomic E-state index is 0.0298. The van der Waals surface area contributed by atoms with E-state index < -0.39 is 5.97 Å². The number of methoxy groups -OCH3 is 1. The predicted molar refractivity (Wildman–Crippen MR) is 66.3 cm³/mol. The molecule has 0 aliphatic carbocycles. The van der Waals surface area contributed by atoms with E-state index in [4.69, 9.17) is 9.84 Å². The molecule has 98 valence electrons. The minimum atomic E-state index is -0.957. The van der Waals surface area contributed by atoms with Crippen molar-refractivity contribution >= 4 is 11.9 Å². The van der Waals surface area contributed by atoms with Gasteiger partial charge in [-0.15, -0.1) is 0 Å². The van der Waals surface area contributed by atoms with Crippen LogP contribution in [-0.4, -0.2) is 36.0 Å². The van der Waals surface area contributed by atoms with E-state index in [0.717, 1.165) is 11.3 Å². The van der Waals surface area contributed by atoms with Gasteiger partial charge in [-0.1, -0.05) is 12.1 Å². The van der Waals surface area contributed by atoms with Gasteiger partial charge in [-0.3, -0.25) is 9.59 Å². The number of carbonyl (C=O) groups excluding carboxylic acids is 1. The molecule has 0 aliphatic heterocycles. The first-order valence-corrected chi connectivity index (χ1v) is 5.61. The molecule has 1 rings (SSSR count). The summed E-state index contributed by atoms with van der Waals surface area (Å²) in [5, 5.41) is 8.51. The first-order valence-electron chi connectivity index (χ1n) is 5.61. The van der Waals surface area contributed by atoms with Crippen LogP contribution in [0.2, 0.25) is 0 Å². The molecule has 0 unspecified atom stereocenters. The molecule has 5 heteroatoms. The molecule has 5 nitrogen and oxygen atoms in total. The third-order valence-corrected chi connectivity index (χ3v) is 2.56. The van der Waals surface area contributed by atoms with Crippen LogP contribution in [0.5, 0.6) is 5.75 Å². The van der Waals surface area contributed by atoms with E-state index in [0.29, 0.717) is 6.54 Å². The van der Waals surface area contributed by atoms with E-state index in [1.807, 2.05) is 24.3 Å². The summed E-state index contributed by atoms with van der Waals surface area (Å²) in [6.07, 6.45) is -0.103. The molecule has 1 aromatic carbocycles. The van der Waals surface area contributed by atoms with E-state index in [1.54, 1.807) is 14.2 Å². The number of hydrogen-bond acceptors (Lipinski definition) is 3. The molecule has 0 spiro atoms. The number of ether oxygens (including phenoxy) is 1. The fraction of sp³-hybridized carbons (Fsp3) is 0.385. The Bertz CT molecular complexity index is 414. The van der Waals surface area contributed by atoms with Gasteiger partial charge in [0.25, 0.3) is 0 Å². The zero-order chi connectivity index (χ0) is 13.5. The van der Waals surface area contributed by atoms with Gasteiger partial charge in [-0.25, -0.2) is 0 Å². The van der Waals surface area contributed by atoms with Gasteiger partial charge in [0.05, 0.1) is 13.5 Å². The second-order valence-electron chi connectivity index (χ2n) is 3.99. The largest absolute Gasteiger partial charge is 0.497 e. The molecule has 18 heavy (non-hydrogen) atoms. The van der Waals surface area contributed by atoms with E-state index in [2.05, 4.69) is 0 Å². The lowest BCUT2D eigenvalue weighted by Crippen LogP contribution is -2.26. The monoisotopic (exact) mass is 251 g/mol. The minimum Gasteiger partial charge on any atom is -0.497 e. The maximum absolute atomic E-state index is 11.6. The molecule has 0 aromatic heterocycles. The fourth-order valence-electron chi connectivity index (χ4n) is 1.50. The molecule has 0 saturated heterocycles. The Morgan fingerprint density at radius 3 is 2.33 bits per heavy atom. The van der Waals surface area contributed by atoms with Crippen molar-refractivity contribution in [1.82, 2.24) is 4.90 Å². The zero-order valence-electron chi connectivity index (χ0n) is 10.5. The van der Waals surface area contributed by atoms with Crippen LogP contribution in [0, 0.1) is 0 Å². The molecule has 1 amide bonds. The summed E-state index contributed by atoms with van der Waals surface area (Å²) in [5.41, 5.74) is 0.974. The van der Waals surface area contributed by atoms with Gasteiger partial charge in [-0.05, 0) is 17.7 Å². The standard InChI is InChI=1S/C13H17NO4/c1-14(12(15)7-8-13(16)17)9-10-3-5-11(18-2)6-4-10/h3-6H,7-9H2,1-2H3,(H,16,17). The predicted octanol–water partition coefficient (Wildman–Crippen LogP) is 1.52. The van der Waals surface area contributed by atoms with Crippen LogP contribution in [0.1, 0.15) is 18.4 Å². The Morgan fingerprint density at radius 2 is 1.83 bits per heavy atom. The third kappa shape index (κ3) is 4.45. The Labute approximate surface area is 106 Å². The average molecular weight is 251 g/mol. The Kier molecular flexibility index (Phi) is 5.17. The lowest BCUT2D eigenvalue weighted by molar-refractivity contribution is -0.140. The van der Waals surface area contributed by atoms with E-state index in [-0.39, 0.29) is 18.7 Å². The third-order valence-electron chi connectivity index (χ3n) is 2.56. The molecule has 0 aliphatic rings. The molecule has 0 atom stereocenters. The summed E-state index contributed by atoms with van der Waals surface area (Å²) < 4.78 is 5.04. The van der Waals surface area contributed by atoms with Crippen molar-refractivity contribution in [3.8, 4) is 5.75 Å². The van der Waals surface area contributed by atoms with Crippen LogP contribution in [0.15, 0.2) is 24.3 Å². The molecule has 1 N–H and O–H groups in total. The van der Waals surface area contributed by atoms with Crippen LogP contribution in [0.4, 0.5) is 0 Å². The highest BCUT2D eigenvalue weighted by atomic mass is 16.5. The van der Waals surface area contributed by atoms with Gasteiger partial charge >= 0.3 is 5.97 Å². The van der Waals surface area contributed by atoms with Crippen LogP contribution >= 0.6 is 0 Å². The SMILES string of the molecule is COc1ccc(CN(C)C(=O)CCC(=O)O)cc1. The van der Waals surface area contributed by atoms with Gasteiger partial charge in [0, 0.05) is 20.0 Å². The second kappa shape index (κ2) is 6.64. The summed E-state index contributed by atoms with van der Waals surface area (Å²) in [5.74, 6) is -0.368. The normalized spacial score (nSPS) is 9.89. The number of aliphatic carboxylic acids is 1. The van der Waals surface area contributed by atoms with Crippen molar-refractivity contribution in [3.63, 3.8) is 0 Å². The topological polar surface area (TPSA) is 66.8 Å². The smallest absolute Gasteiger partial charge is 0.303 e.